The summed E-state index contributed by atoms with van der Waals surface area (Å²) in [6.07, 6.45) is -1.32. The molecule has 0 aliphatic carbocycles. The molecule has 0 bridgehead atoms. The Morgan fingerprint density at radius 1 is 0.962 bits per heavy atom. The van der Waals surface area contributed by atoms with Crippen molar-refractivity contribution in [2.24, 2.45) is 5.28 Å². The number of tetrazole rings is 1. The molecular weight excluding hydrogens is 674 g/mol. The van der Waals surface area contributed by atoms with Crippen molar-refractivity contribution in [3.05, 3.63) is 83.1 Å². The Morgan fingerprint density at radius 3 is 2.42 bits per heavy atom. The van der Waals surface area contributed by atoms with Gasteiger partial charge in [-0.3, -0.25) is 4.57 Å². The van der Waals surface area contributed by atoms with Crippen LogP contribution in [0.3, 0.4) is 0 Å². The number of ether oxygens (including phenoxy) is 4. The third-order valence-corrected chi connectivity index (χ3v) is 7.84. The maximum absolute atomic E-state index is 13.4. The number of H-pyrrole nitrogens is 1. The summed E-state index contributed by atoms with van der Waals surface area (Å²) in [5, 5.41) is 30.9. The summed E-state index contributed by atoms with van der Waals surface area (Å²) < 4.78 is 23.4. The summed E-state index contributed by atoms with van der Waals surface area (Å²) in [7, 11) is 0. The Labute approximate surface area is 299 Å². The van der Waals surface area contributed by atoms with Gasteiger partial charge < -0.3 is 29.0 Å². The van der Waals surface area contributed by atoms with Gasteiger partial charge in [0.25, 0.3) is 6.01 Å². The number of nitrogens with one attached hydrogen (secondary N) is 1. The number of carbonyl (C=O) groups is 2. The molecule has 0 aliphatic heterocycles. The van der Waals surface area contributed by atoms with Gasteiger partial charge in [-0.25, -0.2) is 14.7 Å². The van der Waals surface area contributed by atoms with Crippen molar-refractivity contribution in [2.45, 2.75) is 53.4 Å². The Bertz CT molecular complexity index is 1940. The zero-order chi connectivity index (χ0) is 36.9. The average molecular weight is 716 g/mol. The smallest absolute Gasteiger partial charge is 0.511 e. The van der Waals surface area contributed by atoms with Gasteiger partial charge in [-0.2, -0.15) is 4.98 Å². The van der Waals surface area contributed by atoms with Gasteiger partial charge >= 0.3 is 12.1 Å². The summed E-state index contributed by atoms with van der Waals surface area (Å²) in [6.45, 7) is 8.85. The third-order valence-electron chi connectivity index (χ3n) is 7.84. The Kier molecular flexibility index (Phi) is 12.9. The quantitative estimate of drug-likeness (QED) is 0.0281. The molecule has 0 amide bonds. The minimum atomic E-state index is -1.24. The number of aromatic amines is 1. The molecule has 17 nitrogen and oxygen atoms in total. The van der Waals surface area contributed by atoms with E-state index in [1.165, 1.54) is 11.9 Å². The van der Waals surface area contributed by atoms with Crippen LogP contribution in [-0.2, 0) is 25.6 Å². The van der Waals surface area contributed by atoms with Crippen LogP contribution in [-0.4, -0.2) is 91.5 Å². The highest BCUT2D eigenvalue weighted by atomic mass is 16.8. The highest BCUT2D eigenvalue weighted by Gasteiger charge is 2.23. The Morgan fingerprint density at radius 2 is 1.71 bits per heavy atom. The molecule has 0 saturated heterocycles. The van der Waals surface area contributed by atoms with E-state index in [0.29, 0.717) is 66.9 Å². The summed E-state index contributed by atoms with van der Waals surface area (Å²) in [5.74, 6) is -0.154. The molecule has 3 aromatic carbocycles. The number of carbonyl (C=O) groups excluding carboxylic acids is 2. The highest BCUT2D eigenvalue weighted by molar-refractivity contribution is 6.02. The molecule has 2 heterocycles. The molecule has 0 radical (unpaired) electrons. The fraction of sp³-hybridized carbons (Fsp3) is 0.371. The van der Waals surface area contributed by atoms with Crippen molar-refractivity contribution in [1.29, 1.82) is 0 Å². The minimum absolute atomic E-state index is 0.0329. The van der Waals surface area contributed by atoms with E-state index < -0.39 is 18.4 Å². The number of hydrogen-bond donors (Lipinski definition) is 1. The van der Waals surface area contributed by atoms with Crippen LogP contribution in [0.1, 0.15) is 56.5 Å². The molecule has 5 rings (SSSR count). The molecule has 0 saturated carbocycles. The third kappa shape index (κ3) is 9.29. The van der Waals surface area contributed by atoms with Crippen LogP contribution in [0.5, 0.6) is 6.01 Å². The molecule has 1 N–H and O–H groups in total. The normalized spacial score (nSPS) is 12.0. The van der Waals surface area contributed by atoms with E-state index in [4.69, 9.17) is 23.8 Å². The van der Waals surface area contributed by atoms with E-state index in [1.807, 2.05) is 73.9 Å². The largest absolute Gasteiger partial charge is 0.569 e. The molecule has 52 heavy (non-hydrogen) atoms. The molecule has 17 heteroatoms. The number of para-hydroxylation sites is 1. The van der Waals surface area contributed by atoms with Gasteiger partial charge in [0, 0.05) is 12.5 Å². The predicted molar refractivity (Wildman–Crippen MR) is 187 cm³/mol. The standard InChI is InChI=1S/C35H41N9O8/c1-5-42(6-2)44(47)41-50-22-11-10-21-49-35(46)52-24(4)51-33(45)29-15-12-16-30-31(29)43(34(36-30)48-7-3)23-25-17-19-26(20-18-25)27-13-8-9-14-28(27)32-37-39-40-38-32/h8-9,12-20,24H,5-7,10-11,21-23H2,1-4H3,(H,37,38,39,40)/b44-41-. The number of esters is 1. The van der Waals surface area contributed by atoms with Gasteiger partial charge in [0.1, 0.15) is 6.61 Å². The second kappa shape index (κ2) is 18.1. The second-order valence-electron chi connectivity index (χ2n) is 11.3. The van der Waals surface area contributed by atoms with E-state index in [2.05, 4.69) is 30.9 Å². The summed E-state index contributed by atoms with van der Waals surface area (Å²) in [4.78, 5) is 35.7. The zero-order valence-corrected chi connectivity index (χ0v) is 29.4. The van der Waals surface area contributed by atoms with E-state index in [9.17, 15) is 14.8 Å². The molecule has 1 atom stereocenters. The topological polar surface area (TPSA) is 194 Å². The van der Waals surface area contributed by atoms with Crippen molar-refractivity contribution < 1.29 is 38.3 Å². The van der Waals surface area contributed by atoms with Crippen LogP contribution in [0, 0.1) is 5.21 Å². The maximum Gasteiger partial charge on any atom is 0.511 e. The van der Waals surface area contributed by atoms with Gasteiger partial charge in [0.15, 0.2) is 5.82 Å². The number of nitrogens with zero attached hydrogens (tertiary/aromatic N) is 8. The number of imidazole rings is 1. The molecule has 0 aliphatic rings. The lowest BCUT2D eigenvalue weighted by Crippen LogP contribution is -2.30. The van der Waals surface area contributed by atoms with Crippen LogP contribution in [0.25, 0.3) is 33.5 Å². The first-order chi connectivity index (χ1) is 25.3. The van der Waals surface area contributed by atoms with Crippen LogP contribution in [0.2, 0.25) is 0 Å². The van der Waals surface area contributed by atoms with Gasteiger partial charge in [0.2, 0.25) is 11.6 Å². The number of unbranched alkanes of at least 4 members (excludes halogenated alkanes) is 1. The summed E-state index contributed by atoms with van der Waals surface area (Å²) in [6, 6.07) is 21.2. The minimum Gasteiger partial charge on any atom is -0.569 e. The molecule has 0 spiro atoms. The van der Waals surface area contributed by atoms with Crippen LogP contribution >= 0.6 is 0 Å². The fourth-order valence-electron chi connectivity index (χ4n) is 5.34. The molecule has 2 aromatic heterocycles. The maximum atomic E-state index is 13.4. The van der Waals surface area contributed by atoms with Crippen LogP contribution in [0.4, 0.5) is 4.79 Å². The summed E-state index contributed by atoms with van der Waals surface area (Å²) in [5.41, 5.74) is 4.98. The first-order valence-electron chi connectivity index (χ1n) is 17.0. The van der Waals surface area contributed by atoms with E-state index in [1.54, 1.807) is 18.2 Å². The number of hydrazine groups is 1. The van der Waals surface area contributed by atoms with Crippen molar-refractivity contribution >= 4 is 23.2 Å². The fourth-order valence-corrected chi connectivity index (χ4v) is 5.34. The second-order valence-corrected chi connectivity index (χ2v) is 11.3. The summed E-state index contributed by atoms with van der Waals surface area (Å²) >= 11 is 0. The van der Waals surface area contributed by atoms with Crippen LogP contribution < -0.4 is 4.74 Å². The van der Waals surface area contributed by atoms with Crippen molar-refractivity contribution in [3.8, 4) is 28.5 Å². The van der Waals surface area contributed by atoms with E-state index in [-0.39, 0.29) is 18.8 Å². The van der Waals surface area contributed by atoms with Gasteiger partial charge in [-0.1, -0.05) is 54.6 Å². The van der Waals surface area contributed by atoms with Crippen LogP contribution in [0.15, 0.2) is 72.0 Å². The highest BCUT2D eigenvalue weighted by Crippen LogP contribution is 2.31. The first kappa shape index (κ1) is 37.0. The number of hydrogen-bond acceptors (Lipinski definition) is 13. The Balaban J connectivity index is 1.21. The van der Waals surface area contributed by atoms with Gasteiger partial charge in [-0.15, -0.1) is 10.1 Å². The number of aromatic nitrogens is 6. The van der Waals surface area contributed by atoms with Crippen molar-refractivity contribution in [1.82, 2.24) is 35.2 Å². The zero-order valence-electron chi connectivity index (χ0n) is 29.4. The molecule has 0 fully saturated rings. The lowest BCUT2D eigenvalue weighted by Gasteiger charge is -2.15. The molecular formula is C35H41N9O8. The predicted octanol–water partition coefficient (Wildman–Crippen LogP) is 5.92. The molecule has 1 unspecified atom stereocenters. The van der Waals surface area contributed by atoms with Crippen molar-refractivity contribution in [2.75, 3.05) is 32.9 Å². The van der Waals surface area contributed by atoms with Crippen molar-refractivity contribution in [3.63, 3.8) is 0 Å². The number of benzene rings is 3. The monoisotopic (exact) mass is 715 g/mol. The van der Waals surface area contributed by atoms with E-state index in [0.717, 1.165) is 22.3 Å². The first-order valence-corrected chi connectivity index (χ1v) is 17.0. The number of fused-ring (bicyclic) bond motifs is 1. The lowest BCUT2D eigenvalue weighted by molar-refractivity contribution is -0.710. The number of rotatable bonds is 18. The SMILES string of the molecule is CCOc1nc2cccc(C(=O)OC(C)OC(=O)OCCCCO/N=[N+](\[O-])N(CC)CC)c2n1Cc1ccc(-c2ccccc2-c2nnn[nH]2)cc1. The Hall–Kier alpha value is -6.26. The average Bonchev–Trinajstić information content (AvgIpc) is 3.81. The molecule has 274 valence electrons. The van der Waals surface area contributed by atoms with Gasteiger partial charge in [0.05, 0.1) is 54.4 Å². The lowest BCUT2D eigenvalue weighted by atomic mass is 9.98. The van der Waals surface area contributed by atoms with Gasteiger partial charge in [-0.05, 0) is 72.9 Å². The van der Waals surface area contributed by atoms with E-state index >= 15 is 0 Å². The molecule has 5 aromatic rings.